The van der Waals surface area contributed by atoms with Gasteiger partial charge in [0.15, 0.2) is 0 Å². The van der Waals surface area contributed by atoms with Crippen LogP contribution in [0.4, 0.5) is 0 Å². The fourth-order valence-corrected chi connectivity index (χ4v) is 2.50. The summed E-state index contributed by atoms with van der Waals surface area (Å²) in [4.78, 5) is 23.9. The number of carboxylic acids is 1. The van der Waals surface area contributed by atoms with E-state index < -0.39 is 12.6 Å². The van der Waals surface area contributed by atoms with Crippen molar-refractivity contribution in [3.05, 3.63) is 0 Å². The van der Waals surface area contributed by atoms with Crippen LogP contribution >= 0.6 is 0 Å². The Morgan fingerprint density at radius 1 is 1.00 bits per heavy atom. The largest absolute Gasteiger partial charge is 1.00 e. The summed E-state index contributed by atoms with van der Waals surface area (Å²) in [7, 11) is 0. The van der Waals surface area contributed by atoms with Crippen LogP contribution in [-0.4, -0.2) is 56.2 Å². The molecule has 0 saturated carbocycles. The molecule has 1 saturated heterocycles. The van der Waals surface area contributed by atoms with Gasteiger partial charge in [-0.25, -0.2) is 0 Å². The Labute approximate surface area is 155 Å². The molecule has 0 bridgehead atoms. The molecule has 1 fully saturated rings. The molecule has 1 heterocycles. The van der Waals surface area contributed by atoms with E-state index >= 15 is 0 Å². The number of rotatable bonds is 11. The molecule has 0 aliphatic carbocycles. The van der Waals surface area contributed by atoms with Crippen LogP contribution in [0.15, 0.2) is 0 Å². The van der Waals surface area contributed by atoms with E-state index in [1.807, 2.05) is 0 Å². The maximum Gasteiger partial charge on any atom is 1.00 e. The van der Waals surface area contributed by atoms with E-state index in [9.17, 15) is 14.7 Å². The number of carbonyl (C=O) groups excluding carboxylic acids is 2. The van der Waals surface area contributed by atoms with Gasteiger partial charge in [0.05, 0.1) is 12.6 Å². The number of aliphatic carboxylic acids is 1. The fourth-order valence-electron chi connectivity index (χ4n) is 2.50. The molecule has 0 aromatic rings. The van der Waals surface area contributed by atoms with Crippen LogP contribution in [0.25, 0.3) is 0 Å². The number of nitrogens with zero attached hydrogens (tertiary/aromatic N) is 1. The van der Waals surface area contributed by atoms with Crippen molar-refractivity contribution in [2.24, 2.45) is 0 Å². The Hall–Kier alpha value is -0.140. The third-order valence-electron chi connectivity index (χ3n) is 3.63. The molecule has 0 radical (unpaired) electrons. The molecule has 0 atom stereocenters. The summed E-state index contributed by atoms with van der Waals surface area (Å²) in [6.07, 6.45) is 8.53. The molecule has 6 nitrogen and oxygen atoms in total. The molecular formula is C15H27N2NaO4. The number of hydrogen-bond donors (Lipinski definition) is 1. The van der Waals surface area contributed by atoms with E-state index in [0.717, 1.165) is 12.8 Å². The van der Waals surface area contributed by atoms with Crippen molar-refractivity contribution < 1.29 is 49.0 Å². The third kappa shape index (κ3) is 12.4. The van der Waals surface area contributed by atoms with E-state index in [1.165, 1.54) is 51.7 Å². The van der Waals surface area contributed by atoms with Crippen molar-refractivity contribution in [3.63, 3.8) is 0 Å². The van der Waals surface area contributed by atoms with Gasteiger partial charge in [0.25, 0.3) is 0 Å². The predicted octanol–water partition coefficient (Wildman–Crippen LogP) is -3.08. The summed E-state index contributed by atoms with van der Waals surface area (Å²) in [6, 6.07) is 0. The molecule has 1 aliphatic rings. The zero-order valence-electron chi connectivity index (χ0n) is 13.8. The van der Waals surface area contributed by atoms with E-state index in [-0.39, 0.29) is 42.1 Å². The average molecular weight is 322 g/mol. The van der Waals surface area contributed by atoms with Gasteiger partial charge in [-0.15, -0.1) is 0 Å². The van der Waals surface area contributed by atoms with Gasteiger partial charge >= 0.3 is 29.6 Å². The number of hydrogen-bond acceptors (Lipinski definition) is 5. The summed E-state index contributed by atoms with van der Waals surface area (Å²) < 4.78 is 4.64. The second-order valence-electron chi connectivity index (χ2n) is 5.53. The first-order chi connectivity index (χ1) is 10.2. The zero-order valence-corrected chi connectivity index (χ0v) is 15.8. The van der Waals surface area contributed by atoms with Crippen LogP contribution in [0, 0.1) is 0 Å². The van der Waals surface area contributed by atoms with Gasteiger partial charge < -0.3 is 24.9 Å². The van der Waals surface area contributed by atoms with E-state index in [1.54, 1.807) is 0 Å². The number of ether oxygens (including phenoxy) is 1. The van der Waals surface area contributed by atoms with Gasteiger partial charge in [0, 0.05) is 6.54 Å². The second kappa shape index (κ2) is 14.5. The van der Waals surface area contributed by atoms with Crippen LogP contribution in [0.1, 0.15) is 44.9 Å². The first-order valence-corrected chi connectivity index (χ1v) is 7.95. The van der Waals surface area contributed by atoms with Crippen LogP contribution in [0.3, 0.4) is 0 Å². The number of nitrogens with one attached hydrogen (secondary N) is 1. The van der Waals surface area contributed by atoms with Crippen molar-refractivity contribution >= 4 is 11.9 Å². The Kier molecular flexibility index (Phi) is 14.4. The number of amides is 1. The van der Waals surface area contributed by atoms with Gasteiger partial charge in [-0.05, 0) is 45.3 Å². The van der Waals surface area contributed by atoms with Crippen molar-refractivity contribution in [1.29, 1.82) is 0 Å². The number of likely N-dealkylation sites (tertiary alicyclic amines) is 1. The van der Waals surface area contributed by atoms with E-state index in [0.29, 0.717) is 6.54 Å². The van der Waals surface area contributed by atoms with E-state index in [2.05, 4.69) is 15.0 Å². The molecule has 1 N–H and O–H groups in total. The first kappa shape index (κ1) is 21.9. The SMILES string of the molecule is O=C([O-])COCC(=O)NCCCCCCN1CCCCC1.[Na+]. The number of carbonyl (C=O) groups is 2. The third-order valence-corrected chi connectivity index (χ3v) is 3.63. The number of carboxylic acid groups (broad SMARTS) is 1. The minimum Gasteiger partial charge on any atom is -0.548 e. The van der Waals surface area contributed by atoms with Gasteiger partial charge in [0.1, 0.15) is 6.61 Å². The molecular weight excluding hydrogens is 295 g/mol. The van der Waals surface area contributed by atoms with Gasteiger partial charge in [-0.2, -0.15) is 0 Å². The molecule has 22 heavy (non-hydrogen) atoms. The Bertz CT molecular complexity index is 310. The minimum absolute atomic E-state index is 0. The maximum atomic E-state index is 11.3. The summed E-state index contributed by atoms with van der Waals surface area (Å²) in [5, 5.41) is 12.8. The molecule has 0 aromatic heterocycles. The molecule has 1 rings (SSSR count). The Morgan fingerprint density at radius 2 is 1.68 bits per heavy atom. The summed E-state index contributed by atoms with van der Waals surface area (Å²) >= 11 is 0. The zero-order chi connectivity index (χ0) is 15.3. The average Bonchev–Trinajstić information content (AvgIpc) is 2.47. The van der Waals surface area contributed by atoms with E-state index in [4.69, 9.17) is 0 Å². The van der Waals surface area contributed by atoms with Crippen molar-refractivity contribution in [1.82, 2.24) is 10.2 Å². The van der Waals surface area contributed by atoms with Gasteiger partial charge in [-0.3, -0.25) is 4.79 Å². The van der Waals surface area contributed by atoms with Crippen LogP contribution in [0.2, 0.25) is 0 Å². The molecule has 1 aliphatic heterocycles. The maximum absolute atomic E-state index is 11.3. The number of piperidine rings is 1. The summed E-state index contributed by atoms with van der Waals surface area (Å²) in [6.45, 7) is 3.57. The van der Waals surface area contributed by atoms with Crippen molar-refractivity contribution in [2.45, 2.75) is 44.9 Å². The topological polar surface area (TPSA) is 81.7 Å². The smallest absolute Gasteiger partial charge is 0.548 e. The first-order valence-electron chi connectivity index (χ1n) is 7.95. The minimum atomic E-state index is -1.31. The van der Waals surface area contributed by atoms with Crippen molar-refractivity contribution in [3.8, 4) is 0 Å². The van der Waals surface area contributed by atoms with Gasteiger partial charge in [-0.1, -0.05) is 19.3 Å². The molecule has 1 amide bonds. The van der Waals surface area contributed by atoms with Crippen LogP contribution in [0.5, 0.6) is 0 Å². The fraction of sp³-hybridized carbons (Fsp3) is 0.867. The molecule has 0 unspecified atom stereocenters. The molecule has 7 heteroatoms. The molecule has 0 aromatic carbocycles. The Morgan fingerprint density at radius 3 is 2.36 bits per heavy atom. The van der Waals surface area contributed by atoms with Gasteiger partial charge in [0.2, 0.25) is 5.91 Å². The standard InChI is InChI=1S/C15H28N2O4.Na/c18-14(12-21-13-15(19)20)16-8-4-1-2-5-9-17-10-6-3-7-11-17;/h1-13H2,(H,16,18)(H,19,20);/q;+1/p-1. The molecule has 0 spiro atoms. The monoisotopic (exact) mass is 322 g/mol. The predicted molar refractivity (Wildman–Crippen MR) is 77.6 cm³/mol. The Balaban J connectivity index is 0.00000441. The van der Waals surface area contributed by atoms with Crippen molar-refractivity contribution in [2.75, 3.05) is 39.4 Å². The number of unbranched alkanes of at least 4 members (excludes halogenated alkanes) is 3. The summed E-state index contributed by atoms with van der Waals surface area (Å²) in [5.41, 5.74) is 0. The van der Waals surface area contributed by atoms with Crippen LogP contribution in [-0.2, 0) is 14.3 Å². The normalized spacial score (nSPS) is 15.1. The second-order valence-corrected chi connectivity index (χ2v) is 5.53. The quantitative estimate of drug-likeness (QED) is 0.322. The molecule has 122 valence electrons. The summed E-state index contributed by atoms with van der Waals surface area (Å²) in [5.74, 6) is -1.58. The van der Waals surface area contributed by atoms with Crippen LogP contribution < -0.4 is 40.0 Å².